The van der Waals surface area contributed by atoms with E-state index in [0.29, 0.717) is 6.04 Å². The predicted molar refractivity (Wildman–Crippen MR) is 90.2 cm³/mol. The summed E-state index contributed by atoms with van der Waals surface area (Å²) in [5.41, 5.74) is 0.893. The first-order valence-corrected chi connectivity index (χ1v) is 9.24. The summed E-state index contributed by atoms with van der Waals surface area (Å²) in [6.07, 6.45) is 7.83. The number of amides is 1. The SMILES string of the molecule is CC[C@H]1CCCCN1C(=O)Cn1cc(CN2CCC(O)CC2)nn1. The molecular formula is C17H29N5O2. The summed E-state index contributed by atoms with van der Waals surface area (Å²) in [6, 6.07) is 0.383. The van der Waals surface area contributed by atoms with Gasteiger partial charge in [0.05, 0.1) is 18.0 Å². The van der Waals surface area contributed by atoms with Gasteiger partial charge < -0.3 is 10.0 Å². The molecule has 2 aliphatic rings. The number of piperidine rings is 2. The van der Waals surface area contributed by atoms with E-state index in [1.165, 1.54) is 6.42 Å². The Bertz CT molecular complexity index is 539. The second-order valence-corrected chi connectivity index (χ2v) is 7.06. The van der Waals surface area contributed by atoms with Crippen LogP contribution in [0.25, 0.3) is 0 Å². The lowest BCUT2D eigenvalue weighted by Gasteiger charge is -2.35. The van der Waals surface area contributed by atoms with E-state index in [-0.39, 0.29) is 18.6 Å². The van der Waals surface area contributed by atoms with Crippen molar-refractivity contribution in [2.24, 2.45) is 0 Å². The van der Waals surface area contributed by atoms with Gasteiger partial charge in [-0.25, -0.2) is 4.68 Å². The zero-order valence-electron chi connectivity index (χ0n) is 14.6. The van der Waals surface area contributed by atoms with Crippen LogP contribution in [0.15, 0.2) is 6.20 Å². The molecule has 1 amide bonds. The summed E-state index contributed by atoms with van der Waals surface area (Å²) < 4.78 is 1.66. The van der Waals surface area contributed by atoms with Crippen LogP contribution in [0, 0.1) is 0 Å². The topological polar surface area (TPSA) is 74.5 Å². The third-order valence-electron chi connectivity index (χ3n) is 5.24. The molecule has 0 radical (unpaired) electrons. The zero-order valence-corrected chi connectivity index (χ0v) is 14.6. The summed E-state index contributed by atoms with van der Waals surface area (Å²) in [4.78, 5) is 16.9. The van der Waals surface area contributed by atoms with E-state index in [1.807, 2.05) is 11.1 Å². The fraction of sp³-hybridized carbons (Fsp3) is 0.824. The molecule has 1 N–H and O–H groups in total. The van der Waals surface area contributed by atoms with Crippen molar-refractivity contribution in [3.8, 4) is 0 Å². The van der Waals surface area contributed by atoms with Crippen LogP contribution in [0.3, 0.4) is 0 Å². The van der Waals surface area contributed by atoms with Crippen LogP contribution in [0.5, 0.6) is 0 Å². The number of aliphatic hydroxyl groups is 1. The van der Waals surface area contributed by atoms with Crippen molar-refractivity contribution < 1.29 is 9.90 Å². The molecule has 2 aliphatic heterocycles. The molecule has 7 heteroatoms. The molecule has 0 spiro atoms. The van der Waals surface area contributed by atoms with E-state index in [1.54, 1.807) is 4.68 Å². The normalized spacial score (nSPS) is 23.6. The lowest BCUT2D eigenvalue weighted by molar-refractivity contribution is -0.135. The molecule has 24 heavy (non-hydrogen) atoms. The van der Waals surface area contributed by atoms with Crippen molar-refractivity contribution in [2.75, 3.05) is 19.6 Å². The molecule has 2 fully saturated rings. The molecule has 2 saturated heterocycles. The highest BCUT2D eigenvalue weighted by atomic mass is 16.3. The van der Waals surface area contributed by atoms with Gasteiger partial charge in [-0.15, -0.1) is 5.10 Å². The van der Waals surface area contributed by atoms with Gasteiger partial charge in [0.2, 0.25) is 5.91 Å². The maximum Gasteiger partial charge on any atom is 0.244 e. The number of nitrogens with zero attached hydrogens (tertiary/aromatic N) is 5. The van der Waals surface area contributed by atoms with Gasteiger partial charge >= 0.3 is 0 Å². The van der Waals surface area contributed by atoms with Crippen molar-refractivity contribution in [3.63, 3.8) is 0 Å². The van der Waals surface area contributed by atoms with Crippen LogP contribution < -0.4 is 0 Å². The lowest BCUT2D eigenvalue weighted by atomic mass is 10.00. The van der Waals surface area contributed by atoms with Crippen LogP contribution >= 0.6 is 0 Å². The first kappa shape index (κ1) is 17.4. The van der Waals surface area contributed by atoms with Crippen LogP contribution in [0.1, 0.15) is 51.1 Å². The third-order valence-corrected chi connectivity index (χ3v) is 5.24. The molecule has 1 atom stereocenters. The number of aromatic nitrogens is 3. The highest BCUT2D eigenvalue weighted by Gasteiger charge is 2.25. The number of carbonyl (C=O) groups excluding carboxylic acids is 1. The molecule has 134 valence electrons. The van der Waals surface area contributed by atoms with Gasteiger partial charge in [-0.05, 0) is 38.5 Å². The van der Waals surface area contributed by atoms with Crippen LogP contribution in [-0.2, 0) is 17.9 Å². The Morgan fingerprint density at radius 2 is 2.04 bits per heavy atom. The summed E-state index contributed by atoms with van der Waals surface area (Å²) in [5.74, 6) is 0.152. The van der Waals surface area contributed by atoms with E-state index >= 15 is 0 Å². The number of carbonyl (C=O) groups is 1. The zero-order chi connectivity index (χ0) is 16.9. The Hall–Kier alpha value is -1.47. The quantitative estimate of drug-likeness (QED) is 0.870. The Balaban J connectivity index is 1.52. The summed E-state index contributed by atoms with van der Waals surface area (Å²) in [7, 11) is 0. The number of hydrogen-bond donors (Lipinski definition) is 1. The monoisotopic (exact) mass is 335 g/mol. The van der Waals surface area contributed by atoms with Gasteiger partial charge in [0, 0.05) is 32.2 Å². The van der Waals surface area contributed by atoms with Gasteiger partial charge in [0.25, 0.3) is 0 Å². The van der Waals surface area contributed by atoms with Crippen molar-refractivity contribution in [2.45, 2.75) is 70.7 Å². The fourth-order valence-corrected chi connectivity index (χ4v) is 3.78. The van der Waals surface area contributed by atoms with Crippen LogP contribution in [0.2, 0.25) is 0 Å². The standard InChI is InChI=1S/C17H29N5O2/c1-2-15-5-3-4-8-22(15)17(24)13-21-12-14(18-19-21)11-20-9-6-16(23)7-10-20/h12,15-16,23H,2-11,13H2,1H3/t15-/m0/s1. The maximum absolute atomic E-state index is 12.6. The molecule has 0 aliphatic carbocycles. The second-order valence-electron chi connectivity index (χ2n) is 7.06. The Labute approximate surface area is 143 Å². The highest BCUT2D eigenvalue weighted by molar-refractivity contribution is 5.76. The van der Waals surface area contributed by atoms with Crippen LogP contribution in [0.4, 0.5) is 0 Å². The average Bonchev–Trinajstić information content (AvgIpc) is 3.03. The molecule has 1 aromatic rings. The molecule has 0 aromatic carbocycles. The Kier molecular flexibility index (Phi) is 5.84. The Morgan fingerprint density at radius 3 is 2.79 bits per heavy atom. The number of hydrogen-bond acceptors (Lipinski definition) is 5. The van der Waals surface area contributed by atoms with Crippen molar-refractivity contribution in [1.29, 1.82) is 0 Å². The molecular weight excluding hydrogens is 306 g/mol. The van der Waals surface area contributed by atoms with E-state index in [0.717, 1.165) is 64.0 Å². The van der Waals surface area contributed by atoms with Gasteiger partial charge in [0.15, 0.2) is 0 Å². The molecule has 7 nitrogen and oxygen atoms in total. The fourth-order valence-electron chi connectivity index (χ4n) is 3.78. The molecule has 0 bridgehead atoms. The number of rotatable bonds is 5. The molecule has 3 heterocycles. The summed E-state index contributed by atoms with van der Waals surface area (Å²) in [5, 5.41) is 17.9. The third kappa shape index (κ3) is 4.33. The van der Waals surface area contributed by atoms with E-state index in [2.05, 4.69) is 22.1 Å². The lowest BCUT2D eigenvalue weighted by Crippen LogP contribution is -2.44. The van der Waals surface area contributed by atoms with E-state index in [9.17, 15) is 9.90 Å². The first-order valence-electron chi connectivity index (χ1n) is 9.24. The largest absolute Gasteiger partial charge is 0.393 e. The van der Waals surface area contributed by atoms with Crippen molar-refractivity contribution in [3.05, 3.63) is 11.9 Å². The van der Waals surface area contributed by atoms with Gasteiger partial charge in [-0.2, -0.15) is 0 Å². The first-order chi connectivity index (χ1) is 11.7. The number of likely N-dealkylation sites (tertiary alicyclic amines) is 2. The Morgan fingerprint density at radius 1 is 1.25 bits per heavy atom. The number of aliphatic hydroxyl groups excluding tert-OH is 1. The molecule has 1 aromatic heterocycles. The summed E-state index contributed by atoms with van der Waals surface area (Å²) in [6.45, 7) is 5.82. The van der Waals surface area contributed by atoms with E-state index < -0.39 is 0 Å². The average molecular weight is 335 g/mol. The maximum atomic E-state index is 12.6. The molecule has 0 saturated carbocycles. The summed E-state index contributed by atoms with van der Waals surface area (Å²) >= 11 is 0. The minimum atomic E-state index is -0.161. The smallest absolute Gasteiger partial charge is 0.244 e. The van der Waals surface area contributed by atoms with Crippen molar-refractivity contribution in [1.82, 2.24) is 24.8 Å². The molecule has 0 unspecified atom stereocenters. The minimum Gasteiger partial charge on any atom is -0.393 e. The highest BCUT2D eigenvalue weighted by Crippen LogP contribution is 2.20. The minimum absolute atomic E-state index is 0.152. The van der Waals surface area contributed by atoms with Gasteiger partial charge in [-0.1, -0.05) is 12.1 Å². The van der Waals surface area contributed by atoms with Gasteiger partial charge in [-0.3, -0.25) is 9.69 Å². The van der Waals surface area contributed by atoms with Crippen LogP contribution in [-0.4, -0.2) is 67.6 Å². The van der Waals surface area contributed by atoms with E-state index in [4.69, 9.17) is 0 Å². The van der Waals surface area contributed by atoms with Crippen molar-refractivity contribution >= 4 is 5.91 Å². The van der Waals surface area contributed by atoms with Gasteiger partial charge in [0.1, 0.15) is 6.54 Å². The second kappa shape index (κ2) is 8.07. The molecule has 3 rings (SSSR count). The predicted octanol–water partition coefficient (Wildman–Crippen LogP) is 1.03.